The van der Waals surface area contributed by atoms with E-state index in [0.717, 1.165) is 18.4 Å². The molecular weight excluding hydrogens is 585 g/mol. The van der Waals surface area contributed by atoms with Gasteiger partial charge in [0.1, 0.15) is 0 Å². The van der Waals surface area contributed by atoms with Gasteiger partial charge >= 0.3 is 0 Å². The number of benzene rings is 3. The first-order chi connectivity index (χ1) is 20.9. The van der Waals surface area contributed by atoms with Gasteiger partial charge in [0.05, 0.1) is 24.2 Å². The number of rotatable bonds is 16. The molecule has 0 bridgehead atoms. The van der Waals surface area contributed by atoms with Crippen LogP contribution in [0.5, 0.6) is 0 Å². The fraction of sp³-hybridized carbons (Fsp3) is 0.405. The van der Waals surface area contributed by atoms with E-state index in [1.807, 2.05) is 31.2 Å². The molecule has 44 heavy (non-hydrogen) atoms. The van der Waals surface area contributed by atoms with Crippen LogP contribution in [0.25, 0.3) is 0 Å². The Balaban J connectivity index is 1.54. The average Bonchev–Trinajstić information content (AvgIpc) is 2.98. The first-order valence-electron chi connectivity index (χ1n) is 15.6. The van der Waals surface area contributed by atoms with Crippen molar-refractivity contribution >= 4 is 28.8 Å². The minimum Gasteiger partial charge on any atom is -0.404 e. The molecule has 3 rings (SSSR count). The van der Waals surface area contributed by atoms with E-state index < -0.39 is 24.5 Å². The number of aryl methyl sites for hydroxylation is 1. The zero-order valence-corrected chi connectivity index (χ0v) is 29.0. The molecule has 0 fully saturated rings. The summed E-state index contributed by atoms with van der Waals surface area (Å²) in [6.07, 6.45) is 9.64. The maximum atomic E-state index is 12.5. The summed E-state index contributed by atoms with van der Waals surface area (Å²) in [4.78, 5) is 0.186. The fourth-order valence-electron chi connectivity index (χ4n) is 5.46. The lowest BCUT2D eigenvalue weighted by Crippen LogP contribution is -2.67. The van der Waals surface area contributed by atoms with Crippen LogP contribution in [0.4, 0.5) is 0 Å². The van der Waals surface area contributed by atoms with Gasteiger partial charge in [0.25, 0.3) is 18.4 Å². The number of allylic oxidation sites excluding steroid dienone is 3. The van der Waals surface area contributed by atoms with Gasteiger partial charge in [-0.15, -0.1) is 0 Å². The average molecular weight is 635 g/mol. The van der Waals surface area contributed by atoms with Crippen LogP contribution in [0.15, 0.2) is 114 Å². The third-order valence-electron chi connectivity index (χ3n) is 7.98. The van der Waals surface area contributed by atoms with Crippen LogP contribution in [-0.2, 0) is 18.7 Å². The van der Waals surface area contributed by atoms with Crippen molar-refractivity contribution in [1.82, 2.24) is 0 Å². The summed E-state index contributed by atoms with van der Waals surface area (Å²) in [5, 5.41) is 13.1. The lowest BCUT2D eigenvalue weighted by atomic mass is 9.92. The molecule has 1 N–H and O–H groups in total. The zero-order valence-electron chi connectivity index (χ0n) is 27.1. The van der Waals surface area contributed by atoms with Crippen molar-refractivity contribution in [2.24, 2.45) is 11.8 Å². The Morgan fingerprint density at radius 1 is 0.818 bits per heavy atom. The van der Waals surface area contributed by atoms with Crippen LogP contribution in [0, 0.1) is 18.8 Å². The third-order valence-corrected chi connectivity index (χ3v) is 14.3. The predicted octanol–water partition coefficient (Wildman–Crippen LogP) is 7.19. The van der Waals surface area contributed by atoms with E-state index in [0.29, 0.717) is 12.3 Å². The first kappa shape index (κ1) is 35.7. The smallest absolute Gasteiger partial charge is 0.296 e. The van der Waals surface area contributed by atoms with E-state index in [4.69, 9.17) is 8.61 Å². The monoisotopic (exact) mass is 634 g/mol. The molecule has 5 nitrogen and oxygen atoms in total. The Hall–Kier alpha value is -2.81. The summed E-state index contributed by atoms with van der Waals surface area (Å²) in [6, 6.07) is 27.6. The molecule has 0 saturated heterocycles. The van der Waals surface area contributed by atoms with Crippen LogP contribution < -0.4 is 10.4 Å². The molecule has 2 atom stereocenters. The molecule has 0 saturated carbocycles. The Kier molecular flexibility index (Phi) is 13.4. The number of hydrogen-bond acceptors (Lipinski definition) is 5. The van der Waals surface area contributed by atoms with E-state index >= 15 is 0 Å². The highest BCUT2D eigenvalue weighted by Gasteiger charge is 2.50. The van der Waals surface area contributed by atoms with Gasteiger partial charge in [-0.1, -0.05) is 137 Å². The summed E-state index contributed by atoms with van der Waals surface area (Å²) in [6.45, 7) is 13.2. The van der Waals surface area contributed by atoms with Crippen LogP contribution in [0.3, 0.4) is 0 Å². The number of aliphatic hydroxyl groups is 1. The number of hydrogen-bond donors (Lipinski definition) is 1. The quantitative estimate of drug-likeness (QED) is 0.0782. The molecule has 0 aliphatic heterocycles. The third kappa shape index (κ3) is 9.84. The van der Waals surface area contributed by atoms with Crippen molar-refractivity contribution < 1.29 is 22.1 Å². The molecule has 0 aromatic heterocycles. The summed E-state index contributed by atoms with van der Waals surface area (Å²) < 4.78 is 37.2. The molecule has 1 unspecified atom stereocenters. The van der Waals surface area contributed by atoms with E-state index in [1.54, 1.807) is 24.3 Å². The minimum absolute atomic E-state index is 0.140. The van der Waals surface area contributed by atoms with Gasteiger partial charge in [0.15, 0.2) is 0 Å². The van der Waals surface area contributed by atoms with Gasteiger partial charge in [-0.25, -0.2) is 0 Å². The Morgan fingerprint density at radius 3 is 1.84 bits per heavy atom. The molecule has 3 aromatic rings. The van der Waals surface area contributed by atoms with Crippen molar-refractivity contribution in [3.8, 4) is 0 Å². The van der Waals surface area contributed by atoms with E-state index in [-0.39, 0.29) is 29.1 Å². The van der Waals surface area contributed by atoms with E-state index in [2.05, 4.69) is 95.3 Å². The van der Waals surface area contributed by atoms with Crippen molar-refractivity contribution in [3.63, 3.8) is 0 Å². The largest absolute Gasteiger partial charge is 0.404 e. The first-order valence-corrected chi connectivity index (χ1v) is 18.9. The van der Waals surface area contributed by atoms with Gasteiger partial charge in [0.2, 0.25) is 0 Å². The van der Waals surface area contributed by atoms with Gasteiger partial charge in [-0.3, -0.25) is 4.18 Å². The topological polar surface area (TPSA) is 72.8 Å². The second kappa shape index (κ2) is 16.5. The zero-order chi connectivity index (χ0) is 32.2. The summed E-state index contributed by atoms with van der Waals surface area (Å²) in [5.74, 6) is 0.561. The highest BCUT2D eigenvalue weighted by Crippen LogP contribution is 2.36. The highest BCUT2D eigenvalue weighted by atomic mass is 32.2. The Morgan fingerprint density at radius 2 is 1.34 bits per heavy atom. The van der Waals surface area contributed by atoms with Crippen LogP contribution in [0.2, 0.25) is 5.04 Å². The molecule has 0 spiro atoms. The molecular formula is C37H50O5SSi. The van der Waals surface area contributed by atoms with Crippen molar-refractivity contribution in [2.45, 2.75) is 76.8 Å². The number of unbranched alkanes of at least 4 members (excludes halogenated alkanes) is 1. The van der Waals surface area contributed by atoms with Crippen molar-refractivity contribution in [3.05, 3.63) is 115 Å². The van der Waals surface area contributed by atoms with Crippen molar-refractivity contribution in [1.29, 1.82) is 0 Å². The molecule has 0 heterocycles. The van der Waals surface area contributed by atoms with E-state index in [9.17, 15) is 13.5 Å². The molecule has 0 aliphatic rings. The van der Waals surface area contributed by atoms with Crippen LogP contribution in [0.1, 0.15) is 59.4 Å². The normalized spacial score (nSPS) is 14.5. The van der Waals surface area contributed by atoms with Gasteiger partial charge < -0.3 is 9.53 Å². The van der Waals surface area contributed by atoms with Crippen molar-refractivity contribution in [2.75, 3.05) is 13.2 Å². The standard InChI is InChI=1S/C37H50O5SSi/c1-30(2)32(27-28-41-43(39,40)34-25-23-31(3)24-26-34)17-11-7-8-12-18-33(38)29-42-44(37(4,5)6,35-19-13-9-14-20-35)36-21-15-10-16-22-36/h9-26,30,32-33,38H,7-8,27-29H2,1-6H3/b17-11+,18-12-/t32-,33?/m0/s1. The predicted molar refractivity (Wildman–Crippen MR) is 184 cm³/mol. The lowest BCUT2D eigenvalue weighted by molar-refractivity contribution is 0.138. The maximum absolute atomic E-state index is 12.5. The molecule has 7 heteroatoms. The van der Waals surface area contributed by atoms with E-state index in [1.165, 1.54) is 10.4 Å². The summed E-state index contributed by atoms with van der Waals surface area (Å²) in [7, 11) is -6.45. The minimum atomic E-state index is -3.76. The second-order valence-corrected chi connectivity index (χ2v) is 18.7. The maximum Gasteiger partial charge on any atom is 0.296 e. The van der Waals surface area contributed by atoms with Gasteiger partial charge in [-0.05, 0) is 65.6 Å². The second-order valence-electron chi connectivity index (χ2n) is 12.8. The van der Waals surface area contributed by atoms with Gasteiger partial charge in [-0.2, -0.15) is 8.42 Å². The molecule has 3 aromatic carbocycles. The molecule has 0 aliphatic carbocycles. The van der Waals surface area contributed by atoms with Crippen LogP contribution in [-0.4, -0.2) is 41.2 Å². The highest BCUT2D eigenvalue weighted by molar-refractivity contribution is 7.86. The fourth-order valence-corrected chi connectivity index (χ4v) is 11.0. The molecule has 0 amide bonds. The lowest BCUT2D eigenvalue weighted by Gasteiger charge is -2.43. The number of aliphatic hydroxyl groups excluding tert-OH is 1. The summed E-state index contributed by atoms with van der Waals surface area (Å²) in [5.41, 5.74) is 1.00. The van der Waals surface area contributed by atoms with Crippen LogP contribution >= 0.6 is 0 Å². The Bertz CT molecular complexity index is 1390. The summed E-state index contributed by atoms with van der Waals surface area (Å²) >= 11 is 0. The molecule has 238 valence electrons. The van der Waals surface area contributed by atoms with Gasteiger partial charge in [0, 0.05) is 0 Å². The Labute approximate surface area is 266 Å². The molecule has 0 radical (unpaired) electrons. The SMILES string of the molecule is Cc1ccc(S(=O)(=O)OCC[C@H](/C=C/CC/C=C\C(O)CO[Si](c2ccccc2)(c2ccccc2)C(C)(C)C)C(C)C)cc1.